The average Bonchev–Trinajstić information content (AvgIpc) is 1.67. The maximum absolute atomic E-state index is 8.25. The lowest BCUT2D eigenvalue weighted by atomic mass is 9.98. The second-order valence-corrected chi connectivity index (χ2v) is 2.91. The Kier molecular flexibility index (Phi) is 6.96. The number of hydrogen-bond acceptors (Lipinski definition) is 2. The molecule has 0 atom stereocenters. The first-order valence-corrected chi connectivity index (χ1v) is 2.82. The van der Waals surface area contributed by atoms with Gasteiger partial charge in [-0.05, 0) is 0 Å². The van der Waals surface area contributed by atoms with Gasteiger partial charge in [-0.15, -0.1) is 0 Å². The van der Waals surface area contributed by atoms with E-state index in [1.165, 1.54) is 0 Å². The molecule has 0 spiro atoms. The Labute approximate surface area is 55.9 Å². The summed E-state index contributed by atoms with van der Waals surface area (Å²) in [5, 5.41) is 8.25. The van der Waals surface area contributed by atoms with Gasteiger partial charge in [-0.25, -0.2) is 0 Å². The molecule has 0 aliphatic rings. The zero-order chi connectivity index (χ0) is 7.91. The predicted octanol–water partition coefficient (Wildman–Crippen LogP) is -1.36. The highest BCUT2D eigenvalue weighted by atomic mass is 16.3. The van der Waals surface area contributed by atoms with Crippen LogP contribution in [0.3, 0.4) is 0 Å². The van der Waals surface area contributed by atoms with Crippen LogP contribution < -0.4 is 10.8 Å². The van der Waals surface area contributed by atoms with Crippen LogP contribution in [0.1, 0.15) is 20.8 Å². The van der Waals surface area contributed by atoms with Crippen LogP contribution >= 0.6 is 0 Å². The van der Waals surface area contributed by atoms with Gasteiger partial charge in [0.1, 0.15) is 0 Å². The fraction of sp³-hybridized carbons (Fsp3) is 0.833. The van der Waals surface area contributed by atoms with Crippen molar-refractivity contribution in [1.82, 2.24) is 0 Å². The SMILES string of the molecule is CC(C)(C)C[NH3+].O=C[O-]. The van der Waals surface area contributed by atoms with E-state index in [1.54, 1.807) is 0 Å². The maximum atomic E-state index is 8.25. The van der Waals surface area contributed by atoms with Gasteiger partial charge in [-0.3, -0.25) is 0 Å². The third kappa shape index (κ3) is 37.1. The summed E-state index contributed by atoms with van der Waals surface area (Å²) >= 11 is 0. The second-order valence-electron chi connectivity index (χ2n) is 2.91. The summed E-state index contributed by atoms with van der Waals surface area (Å²) in [7, 11) is 0. The highest BCUT2D eigenvalue weighted by molar-refractivity contribution is 5.29. The van der Waals surface area contributed by atoms with Gasteiger partial charge in [0, 0.05) is 11.9 Å². The van der Waals surface area contributed by atoms with Crippen molar-refractivity contribution in [2.45, 2.75) is 20.8 Å². The number of carboxylic acid groups (broad SMARTS) is 1. The molecule has 0 saturated carbocycles. The molecule has 0 bridgehead atoms. The van der Waals surface area contributed by atoms with Gasteiger partial charge >= 0.3 is 0 Å². The minimum absolute atomic E-state index is 0.431. The van der Waals surface area contributed by atoms with E-state index in [2.05, 4.69) is 26.5 Å². The minimum atomic E-state index is -0.500. The molecular weight excluding hydrogens is 118 g/mol. The van der Waals surface area contributed by atoms with Crippen molar-refractivity contribution in [1.29, 1.82) is 0 Å². The Hall–Kier alpha value is -0.570. The molecule has 0 fully saturated rings. The van der Waals surface area contributed by atoms with Crippen molar-refractivity contribution >= 4 is 6.47 Å². The first-order valence-electron chi connectivity index (χ1n) is 2.82. The van der Waals surface area contributed by atoms with Gasteiger partial charge in [0.05, 0.1) is 6.54 Å². The molecule has 0 unspecified atom stereocenters. The average molecular weight is 133 g/mol. The van der Waals surface area contributed by atoms with Gasteiger partial charge in [0.15, 0.2) is 0 Å². The van der Waals surface area contributed by atoms with E-state index < -0.39 is 6.47 Å². The highest BCUT2D eigenvalue weighted by Gasteiger charge is 2.07. The monoisotopic (exact) mass is 133 g/mol. The molecule has 0 aromatic rings. The molecule has 0 aromatic carbocycles. The molecule has 0 radical (unpaired) electrons. The van der Waals surface area contributed by atoms with Gasteiger partial charge in [0.2, 0.25) is 0 Å². The molecule has 0 aliphatic carbocycles. The third-order valence-electron chi connectivity index (χ3n) is 0.750. The Morgan fingerprint density at radius 3 is 1.67 bits per heavy atom. The largest absolute Gasteiger partial charge is 0.554 e. The zero-order valence-corrected chi connectivity index (χ0v) is 6.31. The molecule has 0 saturated heterocycles. The number of hydrogen-bond donors (Lipinski definition) is 1. The van der Waals surface area contributed by atoms with Crippen LogP contribution in [-0.4, -0.2) is 13.0 Å². The van der Waals surface area contributed by atoms with Crippen LogP contribution in [0.25, 0.3) is 0 Å². The molecule has 3 nitrogen and oxygen atoms in total. The minimum Gasteiger partial charge on any atom is -0.554 e. The number of quaternary nitrogens is 1. The zero-order valence-electron chi connectivity index (χ0n) is 6.31. The van der Waals surface area contributed by atoms with Crippen LogP contribution in [0.5, 0.6) is 0 Å². The lowest BCUT2D eigenvalue weighted by Gasteiger charge is -2.09. The second kappa shape index (κ2) is 5.56. The molecule has 0 rings (SSSR count). The van der Waals surface area contributed by atoms with Crippen LogP contribution in [0.2, 0.25) is 0 Å². The van der Waals surface area contributed by atoms with E-state index in [1.807, 2.05) is 0 Å². The van der Waals surface area contributed by atoms with Gasteiger partial charge < -0.3 is 15.6 Å². The molecule has 3 N–H and O–H groups in total. The number of carbonyl (C=O) groups is 1. The molecular formula is C6H15NO2. The molecule has 0 amide bonds. The fourth-order valence-electron chi connectivity index (χ4n) is 0. The van der Waals surface area contributed by atoms with E-state index >= 15 is 0 Å². The van der Waals surface area contributed by atoms with Crippen LogP contribution in [0, 0.1) is 5.41 Å². The molecule has 0 aromatic heterocycles. The summed E-state index contributed by atoms with van der Waals surface area (Å²) in [5.74, 6) is 0. The van der Waals surface area contributed by atoms with Crippen molar-refractivity contribution in [3.8, 4) is 0 Å². The van der Waals surface area contributed by atoms with Gasteiger partial charge in [-0.1, -0.05) is 20.8 Å². The lowest BCUT2D eigenvalue weighted by Crippen LogP contribution is -2.55. The van der Waals surface area contributed by atoms with E-state index in [4.69, 9.17) is 9.90 Å². The summed E-state index contributed by atoms with van der Waals surface area (Å²) in [4.78, 5) is 8.25. The fourth-order valence-corrected chi connectivity index (χ4v) is 0. The lowest BCUT2D eigenvalue weighted by molar-refractivity contribution is -0.387. The standard InChI is InChI=1S/C5H13N.CH2O2/c1-5(2,3)4-6;2-1-3/h4,6H2,1-3H3;1H,(H,2,3). The van der Waals surface area contributed by atoms with Crippen molar-refractivity contribution in [2.75, 3.05) is 6.54 Å². The van der Waals surface area contributed by atoms with Crippen LogP contribution in [0.4, 0.5) is 0 Å². The Morgan fingerprint density at radius 2 is 1.67 bits per heavy atom. The highest BCUT2D eigenvalue weighted by Crippen LogP contribution is 2.06. The van der Waals surface area contributed by atoms with Gasteiger partial charge in [-0.2, -0.15) is 0 Å². The van der Waals surface area contributed by atoms with E-state index in [0.29, 0.717) is 5.41 Å². The molecule has 9 heavy (non-hydrogen) atoms. The summed E-state index contributed by atoms with van der Waals surface area (Å²) in [6.45, 7) is 7.06. The molecule has 0 aliphatic heterocycles. The number of rotatable bonds is 0. The van der Waals surface area contributed by atoms with E-state index in [-0.39, 0.29) is 0 Å². The smallest absolute Gasteiger partial charge is 0.0788 e. The van der Waals surface area contributed by atoms with Crippen molar-refractivity contribution in [3.05, 3.63) is 0 Å². The first kappa shape index (κ1) is 11.3. The summed E-state index contributed by atoms with van der Waals surface area (Å²) < 4.78 is 0. The van der Waals surface area contributed by atoms with Crippen molar-refractivity contribution in [3.63, 3.8) is 0 Å². The Bertz CT molecular complexity index is 65.9. The quantitative estimate of drug-likeness (QED) is 0.415. The summed E-state index contributed by atoms with van der Waals surface area (Å²) in [6.07, 6.45) is 0. The van der Waals surface area contributed by atoms with Crippen LogP contribution in [-0.2, 0) is 4.79 Å². The predicted molar refractivity (Wildman–Crippen MR) is 33.3 cm³/mol. The molecule has 0 heterocycles. The maximum Gasteiger partial charge on any atom is 0.0788 e. The molecule has 56 valence electrons. The Balaban J connectivity index is 0. The summed E-state index contributed by atoms with van der Waals surface area (Å²) in [5.41, 5.74) is 4.19. The molecule has 3 heteroatoms. The topological polar surface area (TPSA) is 67.8 Å². The summed E-state index contributed by atoms with van der Waals surface area (Å²) in [6, 6.07) is 0. The van der Waals surface area contributed by atoms with Crippen LogP contribution in [0.15, 0.2) is 0 Å². The van der Waals surface area contributed by atoms with Crippen molar-refractivity contribution < 1.29 is 15.6 Å². The van der Waals surface area contributed by atoms with Gasteiger partial charge in [0.25, 0.3) is 0 Å². The normalized spacial score (nSPS) is 9.33. The van der Waals surface area contributed by atoms with E-state index in [0.717, 1.165) is 6.54 Å². The van der Waals surface area contributed by atoms with Crippen molar-refractivity contribution in [2.24, 2.45) is 5.41 Å². The first-order chi connectivity index (χ1) is 3.97. The van der Waals surface area contributed by atoms with E-state index in [9.17, 15) is 0 Å². The Morgan fingerprint density at radius 1 is 1.56 bits per heavy atom. The number of carbonyl (C=O) groups excluding carboxylic acids is 1. The third-order valence-corrected chi connectivity index (χ3v) is 0.750.